The van der Waals surface area contributed by atoms with Gasteiger partial charge in [0.25, 0.3) is 0 Å². The van der Waals surface area contributed by atoms with Crippen molar-refractivity contribution >= 4 is 23.6 Å². The van der Waals surface area contributed by atoms with Gasteiger partial charge in [-0.1, -0.05) is 30.3 Å². The number of rotatable bonds is 4. The van der Waals surface area contributed by atoms with E-state index in [1.807, 2.05) is 30.3 Å². The molecule has 1 aliphatic heterocycles. The molecular formula is C22H27N3O6. The van der Waals surface area contributed by atoms with Crippen molar-refractivity contribution in [2.75, 3.05) is 6.61 Å². The second kappa shape index (κ2) is 8.76. The van der Waals surface area contributed by atoms with Crippen LogP contribution in [0.15, 0.2) is 35.4 Å². The first-order valence-corrected chi connectivity index (χ1v) is 10.7. The number of benzene rings is 1. The fourth-order valence-electron chi connectivity index (χ4n) is 5.27. The van der Waals surface area contributed by atoms with Crippen molar-refractivity contribution in [2.45, 2.75) is 44.9 Å². The fraction of sp³-hybridized carbons (Fsp3) is 0.545. The van der Waals surface area contributed by atoms with Crippen LogP contribution in [0.5, 0.6) is 0 Å². The molecule has 3 N–H and O–H groups in total. The first kappa shape index (κ1) is 21.5. The van der Waals surface area contributed by atoms with Gasteiger partial charge in [0.15, 0.2) is 0 Å². The first-order chi connectivity index (χ1) is 14.9. The van der Waals surface area contributed by atoms with Crippen LogP contribution in [-0.2, 0) is 20.9 Å². The van der Waals surface area contributed by atoms with E-state index in [0.717, 1.165) is 5.56 Å². The van der Waals surface area contributed by atoms with Gasteiger partial charge in [-0.15, -0.1) is 0 Å². The smallest absolute Gasteiger partial charge is 0.427 e. The Morgan fingerprint density at radius 3 is 2.58 bits per heavy atom. The van der Waals surface area contributed by atoms with Crippen LogP contribution < -0.4 is 5.43 Å². The summed E-state index contributed by atoms with van der Waals surface area (Å²) in [6.45, 7) is 2.06. The van der Waals surface area contributed by atoms with Crippen LogP contribution in [0.3, 0.4) is 0 Å². The van der Waals surface area contributed by atoms with E-state index in [1.165, 1.54) is 4.90 Å². The maximum Gasteiger partial charge on any atom is 0.427 e. The van der Waals surface area contributed by atoms with E-state index in [2.05, 4.69) is 10.5 Å². The van der Waals surface area contributed by atoms with Crippen molar-refractivity contribution in [3.63, 3.8) is 0 Å². The molecule has 0 aromatic heterocycles. The number of hydrogen-bond acceptors (Lipinski definition) is 7. The normalized spacial score (nSPS) is 33.8. The SMILES string of the molecule is CCOC(=O)NN=C1C[C@@H](O)[C@@H](O)[C@@H]2[C@H]3C(=O)N(Cc4ccccc4)C(=O)[C@@H]3CC[C@@H]12. The van der Waals surface area contributed by atoms with E-state index >= 15 is 0 Å². The second-order valence-corrected chi connectivity index (χ2v) is 8.34. The second-order valence-electron chi connectivity index (χ2n) is 8.34. The highest BCUT2D eigenvalue weighted by Crippen LogP contribution is 2.49. The number of carbonyl (C=O) groups excluding carboxylic acids is 3. The molecule has 1 aromatic carbocycles. The highest BCUT2D eigenvalue weighted by atomic mass is 16.5. The van der Waals surface area contributed by atoms with Crippen LogP contribution in [-0.4, -0.2) is 57.5 Å². The molecule has 3 amide bonds. The van der Waals surface area contributed by atoms with Crippen LogP contribution in [0, 0.1) is 23.7 Å². The van der Waals surface area contributed by atoms with Crippen LogP contribution in [0.4, 0.5) is 4.79 Å². The van der Waals surface area contributed by atoms with E-state index in [1.54, 1.807) is 6.92 Å². The lowest BCUT2D eigenvalue weighted by atomic mass is 9.60. The van der Waals surface area contributed by atoms with Gasteiger partial charge in [-0.3, -0.25) is 14.5 Å². The minimum atomic E-state index is -1.15. The zero-order valence-electron chi connectivity index (χ0n) is 17.3. The van der Waals surface area contributed by atoms with Crippen LogP contribution in [0.1, 0.15) is 31.7 Å². The molecule has 4 rings (SSSR count). The maximum atomic E-state index is 13.3. The molecular weight excluding hydrogens is 402 g/mol. The number of fused-ring (bicyclic) bond motifs is 3. The lowest BCUT2D eigenvalue weighted by Crippen LogP contribution is -2.55. The first-order valence-electron chi connectivity index (χ1n) is 10.7. The Bertz CT molecular complexity index is 888. The van der Waals surface area contributed by atoms with Crippen molar-refractivity contribution in [1.82, 2.24) is 10.3 Å². The Morgan fingerprint density at radius 1 is 1.16 bits per heavy atom. The largest absolute Gasteiger partial charge is 0.449 e. The Hall–Kier alpha value is -2.78. The molecule has 9 heteroatoms. The standard InChI is InChI=1S/C22H27N3O6/c1-2-31-22(30)24-23-15-10-16(26)19(27)17-13(15)8-9-14-18(17)21(29)25(20(14)28)11-12-6-4-3-5-7-12/h3-7,13-14,16-19,26-27H,2,8-11H2,1H3,(H,24,30)/t13-,14+,16+,17-,18-,19+/m0/s1. The van der Waals surface area contributed by atoms with Crippen molar-refractivity contribution in [3.8, 4) is 0 Å². The summed E-state index contributed by atoms with van der Waals surface area (Å²) in [5.74, 6) is -2.73. The highest BCUT2D eigenvalue weighted by Gasteiger charge is 2.59. The number of amides is 3. The molecule has 9 nitrogen and oxygen atoms in total. The average molecular weight is 429 g/mol. The summed E-state index contributed by atoms with van der Waals surface area (Å²) in [5.41, 5.74) is 3.68. The number of hydrazone groups is 1. The van der Waals surface area contributed by atoms with Gasteiger partial charge in [0.2, 0.25) is 11.8 Å². The van der Waals surface area contributed by atoms with E-state index in [-0.39, 0.29) is 37.3 Å². The van der Waals surface area contributed by atoms with Crippen molar-refractivity contribution < 1.29 is 29.3 Å². The van der Waals surface area contributed by atoms with Crippen molar-refractivity contribution in [2.24, 2.45) is 28.8 Å². The molecule has 0 spiro atoms. The third-order valence-corrected chi connectivity index (χ3v) is 6.62. The lowest BCUT2D eigenvalue weighted by molar-refractivity contribution is -0.142. The predicted octanol–water partition coefficient (Wildman–Crippen LogP) is 1.04. The van der Waals surface area contributed by atoms with E-state index in [4.69, 9.17) is 4.74 Å². The molecule has 0 unspecified atom stereocenters. The number of nitrogens with zero attached hydrogens (tertiary/aromatic N) is 2. The molecule has 6 atom stereocenters. The van der Waals surface area contributed by atoms with E-state index in [0.29, 0.717) is 18.6 Å². The molecule has 3 fully saturated rings. The number of imide groups is 1. The average Bonchev–Trinajstić information content (AvgIpc) is 3.00. The molecule has 2 saturated carbocycles. The molecule has 2 aliphatic carbocycles. The number of likely N-dealkylation sites (tertiary alicyclic amines) is 1. The predicted molar refractivity (Wildman–Crippen MR) is 109 cm³/mol. The van der Waals surface area contributed by atoms with E-state index in [9.17, 15) is 24.6 Å². The van der Waals surface area contributed by atoms with Gasteiger partial charge in [0.1, 0.15) is 0 Å². The van der Waals surface area contributed by atoms with Gasteiger partial charge in [0, 0.05) is 24.0 Å². The fourth-order valence-corrected chi connectivity index (χ4v) is 5.27. The third kappa shape index (κ3) is 3.95. The number of carbonyl (C=O) groups is 3. The van der Waals surface area contributed by atoms with Gasteiger partial charge in [-0.05, 0) is 25.3 Å². The van der Waals surface area contributed by atoms with Gasteiger partial charge in [0.05, 0.1) is 37.2 Å². The minimum Gasteiger partial charge on any atom is -0.449 e. The molecule has 1 saturated heterocycles. The molecule has 0 radical (unpaired) electrons. The summed E-state index contributed by atoms with van der Waals surface area (Å²) in [5, 5.41) is 25.4. The monoisotopic (exact) mass is 429 g/mol. The number of hydrogen-bond donors (Lipinski definition) is 3. The zero-order chi connectivity index (χ0) is 22.1. The zero-order valence-corrected chi connectivity index (χ0v) is 17.3. The van der Waals surface area contributed by atoms with Crippen molar-refractivity contribution in [1.29, 1.82) is 0 Å². The number of nitrogens with one attached hydrogen (secondary N) is 1. The van der Waals surface area contributed by atoms with Crippen LogP contribution in [0.25, 0.3) is 0 Å². The summed E-state index contributed by atoms with van der Waals surface area (Å²) >= 11 is 0. The van der Waals surface area contributed by atoms with Crippen LogP contribution >= 0.6 is 0 Å². The molecule has 166 valence electrons. The number of ether oxygens (including phenoxy) is 1. The molecule has 1 aromatic rings. The quantitative estimate of drug-likeness (QED) is 0.485. The van der Waals surface area contributed by atoms with E-state index < -0.39 is 36.1 Å². The molecule has 31 heavy (non-hydrogen) atoms. The third-order valence-electron chi connectivity index (χ3n) is 6.62. The van der Waals surface area contributed by atoms with Crippen molar-refractivity contribution in [3.05, 3.63) is 35.9 Å². The summed E-state index contributed by atoms with van der Waals surface area (Å²) in [6, 6.07) is 9.28. The summed E-state index contributed by atoms with van der Waals surface area (Å²) in [7, 11) is 0. The summed E-state index contributed by atoms with van der Waals surface area (Å²) in [4.78, 5) is 39.2. The number of aliphatic hydroxyl groups is 2. The molecule has 0 bridgehead atoms. The van der Waals surface area contributed by atoms with Crippen LogP contribution in [0.2, 0.25) is 0 Å². The van der Waals surface area contributed by atoms with Gasteiger partial charge < -0.3 is 14.9 Å². The Morgan fingerprint density at radius 2 is 1.87 bits per heavy atom. The highest BCUT2D eigenvalue weighted by molar-refractivity contribution is 6.06. The molecule has 1 heterocycles. The Balaban J connectivity index is 1.59. The lowest BCUT2D eigenvalue weighted by Gasteiger charge is -2.45. The Kier molecular flexibility index (Phi) is 6.06. The molecule has 3 aliphatic rings. The van der Waals surface area contributed by atoms with Gasteiger partial charge in [-0.2, -0.15) is 5.10 Å². The topological polar surface area (TPSA) is 129 Å². The van der Waals surface area contributed by atoms with Gasteiger partial charge >= 0.3 is 6.09 Å². The van der Waals surface area contributed by atoms with Gasteiger partial charge in [-0.25, -0.2) is 10.2 Å². The number of aliphatic hydroxyl groups excluding tert-OH is 2. The Labute approximate surface area is 180 Å². The summed E-state index contributed by atoms with van der Waals surface area (Å²) < 4.78 is 4.81. The summed E-state index contributed by atoms with van der Waals surface area (Å²) in [6.07, 6.45) is -1.87. The minimum absolute atomic E-state index is 0.0853. The maximum absolute atomic E-state index is 13.3.